The average Bonchev–Trinajstić information content (AvgIpc) is 4.27. The molecule has 0 radical (unpaired) electrons. The first-order valence-electron chi connectivity index (χ1n) is 25.9. The molecule has 9 heteroatoms. The van der Waals surface area contributed by atoms with E-state index in [-0.39, 0.29) is 0 Å². The van der Waals surface area contributed by atoms with Crippen LogP contribution >= 0.6 is 0 Å². The zero-order valence-electron chi connectivity index (χ0n) is 42.3. The smallest absolute Gasteiger partial charge is 0.0391 e. The van der Waals surface area contributed by atoms with Crippen molar-refractivity contribution in [3.05, 3.63) is 314 Å². The van der Waals surface area contributed by atoms with Crippen molar-refractivity contribution in [3.63, 3.8) is 0 Å². The Morgan fingerprint density at radius 1 is 0.211 bits per heavy atom. The molecule has 5 aliphatic rings. The summed E-state index contributed by atoms with van der Waals surface area (Å²) in [5.41, 5.74) is 21.8. The molecule has 5 heterocycles. The summed E-state index contributed by atoms with van der Waals surface area (Å²) < 4.78 is 0. The third-order valence-corrected chi connectivity index (χ3v) is 14.5. The fourth-order valence-corrected chi connectivity index (χ4v) is 11.3. The van der Waals surface area contributed by atoms with Crippen LogP contribution in [-0.2, 0) is 15.6 Å². The monoisotopic (exact) mass is 1030 g/mol. The largest absolute Gasteiger partial charge is 0.500 e. The summed E-state index contributed by atoms with van der Waals surface area (Å²) in [6.07, 6.45) is 0. The summed E-state index contributed by atoms with van der Waals surface area (Å²) >= 11 is 3.00. The molecule has 0 aromatic heterocycles. The second-order valence-electron chi connectivity index (χ2n) is 19.1. The maximum Gasteiger partial charge on any atom is 0.0391 e. The molecule has 0 saturated carbocycles. The number of fused-ring (bicyclic) bond motifs is 8. The number of hydrogen-bond acceptors (Lipinski definition) is 8. The van der Waals surface area contributed by atoms with Crippen molar-refractivity contribution < 1.29 is 15.6 Å². The number of benzene rings is 8. The van der Waals surface area contributed by atoms with E-state index in [1.54, 1.807) is 0 Å². The first kappa shape index (κ1) is 48.4. The fourth-order valence-electron chi connectivity index (χ4n) is 11.3. The van der Waals surface area contributed by atoms with Gasteiger partial charge in [0.05, 0.1) is 0 Å². The van der Waals surface area contributed by atoms with Gasteiger partial charge in [0.15, 0.2) is 0 Å². The molecule has 0 aliphatic carbocycles. The molecule has 0 amide bonds. The van der Waals surface area contributed by atoms with Crippen LogP contribution in [0, 0.1) is 26.7 Å². The minimum atomic E-state index is 0.571. The van der Waals surface area contributed by atoms with Crippen molar-refractivity contribution in [2.45, 2.75) is 0 Å². The average molecular weight is 1030 g/mol. The molecule has 0 atom stereocenters. The van der Waals surface area contributed by atoms with Crippen molar-refractivity contribution in [2.24, 2.45) is 0 Å². The Bertz CT molecular complexity index is 2920. The molecule has 5 aliphatic heterocycles. The first-order chi connectivity index (χ1) is 37.7. The molecule has 0 unspecified atom stereocenters. The van der Waals surface area contributed by atoms with Crippen LogP contribution in [0.3, 0.4) is 0 Å². The van der Waals surface area contributed by atoms with E-state index in [2.05, 4.69) is 330 Å². The van der Waals surface area contributed by atoms with Crippen LogP contribution in [0.25, 0.3) is 45.6 Å². The van der Waals surface area contributed by atoms with Gasteiger partial charge in [-0.05, 0) is 44.5 Å². The van der Waals surface area contributed by atoms with Crippen LogP contribution in [0.4, 0.5) is 0 Å². The summed E-state index contributed by atoms with van der Waals surface area (Å²) in [5.74, 6) is 0. The van der Waals surface area contributed by atoms with Crippen LogP contribution in [-0.4, -0.2) is 84.1 Å². The molecular formula is C67H58FeN8-4. The molecule has 8 aromatic carbocycles. The Morgan fingerprint density at radius 2 is 0.342 bits per heavy atom. The predicted octanol–water partition coefficient (Wildman–Crippen LogP) is 12.9. The van der Waals surface area contributed by atoms with Crippen LogP contribution in [0.5, 0.6) is 0 Å². The molecule has 76 heavy (non-hydrogen) atoms. The second kappa shape index (κ2) is 22.2. The van der Waals surface area contributed by atoms with Gasteiger partial charge in [0.1, 0.15) is 0 Å². The van der Waals surface area contributed by atoms with E-state index in [4.69, 9.17) is 0 Å². The van der Waals surface area contributed by atoms with Gasteiger partial charge in [-0.1, -0.05) is 243 Å². The van der Waals surface area contributed by atoms with Gasteiger partial charge in [-0.2, -0.15) is 26.7 Å². The zero-order valence-corrected chi connectivity index (χ0v) is 43.4. The third kappa shape index (κ3) is 9.49. The van der Waals surface area contributed by atoms with Crippen molar-refractivity contribution in [2.75, 3.05) is 39.5 Å². The van der Waals surface area contributed by atoms with E-state index in [9.17, 15) is 0 Å². The van der Waals surface area contributed by atoms with E-state index >= 15 is 0 Å². The number of nitrogens with zero attached hydrogens (tertiary/aromatic N) is 8. The summed E-state index contributed by atoms with van der Waals surface area (Å²) in [4.78, 5) is 19.9. The van der Waals surface area contributed by atoms with Crippen LogP contribution in [0.2, 0.25) is 0 Å². The molecular weight excluding hydrogens is 973 g/mol. The van der Waals surface area contributed by atoms with Crippen molar-refractivity contribution >= 4 is 51.0 Å². The fraction of sp³-hybridized carbons (Fsp3) is 0.0896. The summed E-state index contributed by atoms with van der Waals surface area (Å²) in [7, 11) is 0. The van der Waals surface area contributed by atoms with Gasteiger partial charge in [0.2, 0.25) is 0 Å². The van der Waals surface area contributed by atoms with E-state index < -0.39 is 0 Å². The van der Waals surface area contributed by atoms with Gasteiger partial charge in [-0.3, -0.25) is 0 Å². The van der Waals surface area contributed by atoms with Gasteiger partial charge < -0.3 is 39.2 Å². The van der Waals surface area contributed by atoms with Gasteiger partial charge in [-0.25, -0.2) is 0 Å². The topological polar surface area (TPSA) is 25.9 Å². The predicted molar refractivity (Wildman–Crippen MR) is 307 cm³/mol. The van der Waals surface area contributed by atoms with Crippen molar-refractivity contribution in [1.29, 1.82) is 0 Å². The molecule has 0 spiro atoms. The Kier molecular flexibility index (Phi) is 14.1. The van der Waals surface area contributed by atoms with Crippen LogP contribution in [0.1, 0.15) is 44.5 Å². The van der Waals surface area contributed by atoms with Crippen LogP contribution < -0.4 is 0 Å². The van der Waals surface area contributed by atoms with Crippen LogP contribution in [0.15, 0.2) is 243 Å². The zero-order chi connectivity index (χ0) is 51.2. The molecule has 378 valence electrons. The molecule has 1 saturated heterocycles. The van der Waals surface area contributed by atoms with Crippen molar-refractivity contribution in [1.82, 2.24) is 39.2 Å². The number of hydrogen-bond donors (Lipinski definition) is 0. The Hall–Kier alpha value is -8.49. The van der Waals surface area contributed by atoms with Gasteiger partial charge >= 0.3 is 21.0 Å². The summed E-state index contributed by atoms with van der Waals surface area (Å²) in [6.45, 7) is 13.4. The minimum Gasteiger partial charge on any atom is -0.500 e. The molecule has 8 nitrogen and oxygen atoms in total. The quantitative estimate of drug-likeness (QED) is 0.110. The number of rotatable bonds is 8. The summed E-state index contributed by atoms with van der Waals surface area (Å²) in [6, 6.07) is 87.6. The van der Waals surface area contributed by atoms with Gasteiger partial charge in [-0.15, -0.1) is 0 Å². The standard InChI is InChI=1S/C66H56N8.CH2.Fe/c1-9-25-51(26-10-1)59-63(55-33-17-5-18-34-55)71-45-67(59)41-42-68-46-73(65(57-37-21-7-22-38-57)60(68)52-27-11-2-12-28-52)50-74-48-70(62(54-31-15-4-16-32-54)66(74)58-39-23-8-24-40-58)44-43-69-47-72(49-71)64(56-35-19-6-20-36-56)61(69)53-29-13-3-14-30-53;;/h1-40,45-48H,41-44,49-50H2;1H2;/q-4;;. The third-order valence-electron chi connectivity index (χ3n) is 14.5. The molecule has 0 N–H and O–H groups in total. The summed E-state index contributed by atoms with van der Waals surface area (Å²) in [5, 5.41) is 0. The van der Waals surface area contributed by atoms with Gasteiger partial charge in [0, 0.05) is 85.1 Å². The van der Waals surface area contributed by atoms with E-state index in [1.165, 1.54) is 90.1 Å². The second-order valence-corrected chi connectivity index (χ2v) is 19.1. The molecule has 1 fully saturated rings. The SMILES string of the molecule is [CH2]=[Fe].c1ccc(C2=C(c3ccccc3)N3[CH-]N2CCN2[CH-]N(CN4[CH-]N(CCN5[CH-]N(C3)C(c3ccccc3)=C5c3ccccc3)C(c3ccccc3)=C4c3ccccc3)C(c3ccccc3)=C2c2ccccc2)cc1. The Morgan fingerprint density at radius 3 is 0.487 bits per heavy atom. The normalized spacial score (nSPS) is 16.9. The Labute approximate surface area is 456 Å². The molecule has 8 bridgehead atoms. The Balaban J connectivity index is 0.00000288. The maximum atomic E-state index is 3.00. The van der Waals surface area contributed by atoms with E-state index in [1.807, 2.05) is 0 Å². The molecule has 8 aromatic rings. The van der Waals surface area contributed by atoms with E-state index in [0.717, 1.165) is 0 Å². The van der Waals surface area contributed by atoms with Gasteiger partial charge in [0.25, 0.3) is 0 Å². The maximum absolute atomic E-state index is 3.00. The van der Waals surface area contributed by atoms with E-state index in [0.29, 0.717) is 39.5 Å². The van der Waals surface area contributed by atoms with Crippen molar-refractivity contribution in [3.8, 4) is 0 Å². The minimum absolute atomic E-state index is 0.571. The first-order valence-corrected chi connectivity index (χ1v) is 26.7. The molecule has 13 rings (SSSR count).